The maximum atomic E-state index is 3.52. The normalized spacial score (nSPS) is 10.8. The summed E-state index contributed by atoms with van der Waals surface area (Å²) in [6.07, 6.45) is 0. The lowest BCUT2D eigenvalue weighted by Gasteiger charge is -2.07. The molecule has 526 valence electrons. The summed E-state index contributed by atoms with van der Waals surface area (Å²) in [6, 6.07) is 141. The van der Waals surface area contributed by atoms with Crippen LogP contribution in [0.25, 0.3) is 149 Å². The molecule has 0 unspecified atom stereocenters. The summed E-state index contributed by atoms with van der Waals surface area (Å²) < 4.78 is 14.8. The number of benzene rings is 17. The van der Waals surface area contributed by atoms with Crippen LogP contribution in [-0.4, -0.2) is 0 Å². The average Bonchev–Trinajstić information content (AvgIpc) is 1.63. The van der Waals surface area contributed by atoms with E-state index in [-0.39, 0.29) is 0 Å². The molecule has 0 aliphatic carbocycles. The van der Waals surface area contributed by atoms with Crippen molar-refractivity contribution in [3.63, 3.8) is 0 Å². The Kier molecular flexibility index (Phi) is 24.7. The molecule has 0 spiro atoms. The van der Waals surface area contributed by atoms with Crippen molar-refractivity contribution < 1.29 is 0 Å². The van der Waals surface area contributed by atoms with Crippen molar-refractivity contribution in [3.05, 3.63) is 427 Å². The highest BCUT2D eigenvalue weighted by Crippen LogP contribution is 2.40. The summed E-state index contributed by atoms with van der Waals surface area (Å²) in [5.41, 5.74) is 17.5. The van der Waals surface area contributed by atoms with Crippen molar-refractivity contribution in [2.75, 3.05) is 0 Å². The smallest absolute Gasteiger partial charge is 0.0356 e. The molecule has 0 fully saturated rings. The van der Waals surface area contributed by atoms with E-state index in [1.54, 1.807) is 0 Å². The van der Waals surface area contributed by atoms with Crippen LogP contribution in [-0.2, 0) is 0 Å². The van der Waals surface area contributed by atoms with Crippen LogP contribution in [0.15, 0.2) is 427 Å². The predicted molar refractivity (Wildman–Crippen MR) is 499 cm³/mol. The molecular weight excluding hydrogens is 1780 g/mol. The van der Waals surface area contributed by atoms with Crippen molar-refractivity contribution in [1.29, 1.82) is 0 Å². The van der Waals surface area contributed by atoms with Gasteiger partial charge in [-0.15, -0.1) is 34.0 Å². The minimum Gasteiger partial charge on any atom is -0.135 e. The molecule has 20 aromatic rings. The Labute approximate surface area is 698 Å². The zero-order chi connectivity index (χ0) is 74.4. The fourth-order valence-corrected chi connectivity index (χ4v) is 18.4. The molecule has 0 atom stereocenters. The molecular formula is C100H66Br6S3. The Morgan fingerprint density at radius 2 is 0.394 bits per heavy atom. The first-order chi connectivity index (χ1) is 53.5. The maximum Gasteiger partial charge on any atom is 0.0356 e. The summed E-state index contributed by atoms with van der Waals surface area (Å²) in [5, 5.41) is 10.7. The van der Waals surface area contributed by atoms with Gasteiger partial charge in [-0.2, -0.15) is 0 Å². The lowest BCUT2D eigenvalue weighted by Crippen LogP contribution is -1.81. The van der Waals surface area contributed by atoms with Crippen LogP contribution in [0.5, 0.6) is 0 Å². The number of thiophene rings is 3. The fraction of sp³-hybridized carbons (Fsp3) is 0. The van der Waals surface area contributed by atoms with E-state index in [0.717, 1.165) is 26.8 Å². The molecule has 0 radical (unpaired) electrons. The molecule has 0 N–H and O–H groups in total. The largest absolute Gasteiger partial charge is 0.135 e. The molecule has 0 saturated carbocycles. The quantitative estimate of drug-likeness (QED) is 0.149. The Balaban J connectivity index is 0.000000106. The molecule has 3 heterocycles. The van der Waals surface area contributed by atoms with Gasteiger partial charge in [-0.1, -0.05) is 369 Å². The number of hydrogen-bond donors (Lipinski definition) is 0. The lowest BCUT2D eigenvalue weighted by molar-refractivity contribution is 1.57. The first-order valence-electron chi connectivity index (χ1n) is 35.4. The van der Waals surface area contributed by atoms with Gasteiger partial charge in [-0.3, -0.25) is 0 Å². The average molecular weight is 1840 g/mol. The van der Waals surface area contributed by atoms with Crippen molar-refractivity contribution in [3.8, 4) is 77.9 Å². The van der Waals surface area contributed by atoms with Crippen LogP contribution in [0.1, 0.15) is 0 Å². The van der Waals surface area contributed by atoms with Gasteiger partial charge < -0.3 is 0 Å². The van der Waals surface area contributed by atoms with E-state index in [4.69, 9.17) is 0 Å². The van der Waals surface area contributed by atoms with Crippen LogP contribution >= 0.6 is 130 Å². The molecule has 0 bridgehead atoms. The Morgan fingerprint density at radius 3 is 0.835 bits per heavy atom. The van der Waals surface area contributed by atoms with Gasteiger partial charge in [0.1, 0.15) is 0 Å². The maximum absolute atomic E-state index is 3.52. The summed E-state index contributed by atoms with van der Waals surface area (Å²) in [4.78, 5) is 0. The van der Waals surface area contributed by atoms with Gasteiger partial charge in [-0.25, -0.2) is 0 Å². The van der Waals surface area contributed by atoms with E-state index in [0.29, 0.717) is 0 Å². The van der Waals surface area contributed by atoms with Gasteiger partial charge in [-0.05, 0) is 216 Å². The summed E-state index contributed by atoms with van der Waals surface area (Å²) in [6.45, 7) is 0. The third-order valence-corrected chi connectivity index (χ3v) is 25.2. The minimum absolute atomic E-state index is 1.11. The first-order valence-corrected chi connectivity index (χ1v) is 42.7. The van der Waals surface area contributed by atoms with Gasteiger partial charge in [0.25, 0.3) is 0 Å². The van der Waals surface area contributed by atoms with Crippen molar-refractivity contribution in [2.24, 2.45) is 0 Å². The highest BCUT2D eigenvalue weighted by molar-refractivity contribution is 9.11. The highest BCUT2D eigenvalue weighted by Gasteiger charge is 2.11. The van der Waals surface area contributed by atoms with Gasteiger partial charge in [0.2, 0.25) is 0 Å². The summed E-state index contributed by atoms with van der Waals surface area (Å²) >= 11 is 26.5. The third kappa shape index (κ3) is 18.7. The van der Waals surface area contributed by atoms with Crippen LogP contribution in [0.4, 0.5) is 0 Å². The van der Waals surface area contributed by atoms with Crippen molar-refractivity contribution in [2.45, 2.75) is 0 Å². The second-order valence-electron chi connectivity index (χ2n) is 25.8. The molecule has 0 aliphatic rings. The second-order valence-corrected chi connectivity index (χ2v) is 34.6. The Hall–Kier alpha value is -9.46. The number of fused-ring (bicyclic) bond motifs is 10. The molecule has 0 nitrogen and oxygen atoms in total. The highest BCUT2D eigenvalue weighted by atomic mass is 79.9. The number of halogens is 6. The third-order valence-electron chi connectivity index (χ3n) is 18.7. The molecule has 20 rings (SSSR count). The SMILES string of the molecule is Brc1ccc(-c2ccc(-c3ccc4sc5ccccc5c4c3)cc2)cc1.Brc1ccc(-c2ccc3sc4ccccc4c3c2)cc1.Brc1ccc(-c2cccc(-c3ccccc3)c2)cc1.Brc1ccc2sc3ccccc3c2c1.Brc1cccc(-c2cccc3ccccc23)c1.Brc1cccc(-c2ccccc2)c1. The lowest BCUT2D eigenvalue weighted by atomic mass is 9.98. The molecule has 0 aliphatic heterocycles. The predicted octanol–water partition coefficient (Wildman–Crippen LogP) is 34.6. The van der Waals surface area contributed by atoms with E-state index in [1.165, 1.54) is 149 Å². The molecule has 109 heavy (non-hydrogen) atoms. The monoisotopic (exact) mass is 1840 g/mol. The van der Waals surface area contributed by atoms with Crippen molar-refractivity contribution in [1.82, 2.24) is 0 Å². The Bertz CT molecular complexity index is 6460. The van der Waals surface area contributed by atoms with Crippen LogP contribution in [0.3, 0.4) is 0 Å². The van der Waals surface area contributed by atoms with E-state index in [2.05, 4.69) is 472 Å². The first kappa shape index (κ1) is 75.0. The van der Waals surface area contributed by atoms with Gasteiger partial charge in [0.15, 0.2) is 0 Å². The second kappa shape index (κ2) is 35.9. The zero-order valence-corrected chi connectivity index (χ0v) is 70.6. The van der Waals surface area contributed by atoms with Gasteiger partial charge >= 0.3 is 0 Å². The van der Waals surface area contributed by atoms with Crippen LogP contribution in [0, 0.1) is 0 Å². The zero-order valence-electron chi connectivity index (χ0n) is 58.6. The van der Waals surface area contributed by atoms with E-state index in [1.807, 2.05) is 58.3 Å². The molecule has 3 aromatic heterocycles. The van der Waals surface area contributed by atoms with E-state index in [9.17, 15) is 0 Å². The Morgan fingerprint density at radius 1 is 0.138 bits per heavy atom. The summed E-state index contributed by atoms with van der Waals surface area (Å²) in [7, 11) is 0. The van der Waals surface area contributed by atoms with Gasteiger partial charge in [0, 0.05) is 87.4 Å². The van der Waals surface area contributed by atoms with Gasteiger partial charge in [0.05, 0.1) is 0 Å². The molecule has 0 amide bonds. The topological polar surface area (TPSA) is 0 Å². The fourth-order valence-electron chi connectivity index (χ4n) is 13.2. The number of hydrogen-bond acceptors (Lipinski definition) is 3. The van der Waals surface area contributed by atoms with E-state index >= 15 is 0 Å². The molecule has 0 saturated heterocycles. The molecule has 17 aromatic carbocycles. The standard InChI is InChI=1S/C24H15BrS.C18H11BrS.C18H13Br.C16H11Br.C12H7BrS.C12H9Br/c25-20-12-9-17(10-13-20)16-5-7-18(8-6-16)19-11-14-24-22(15-19)21-3-1-2-4-23(21)26-24;19-14-8-5-12(6-9-14)13-7-10-18-16(11-13)15-3-1-2-4-17(15)20-18;19-18-11-9-15(10-12-18)17-8-4-7-16(13-17)14-5-2-1-3-6-14;17-14-8-3-7-13(11-14)16-10-4-6-12-5-1-2-9-15(12)16;13-8-5-6-12-10(7-8)9-3-1-2-4-11(9)14-12;13-12-8-4-7-11(9-12)10-5-2-1-3-6-10/h1-15H;1-11H;1-13H;1-11H;1-7H;1-9H. The number of rotatable bonds is 7. The van der Waals surface area contributed by atoms with Crippen LogP contribution in [0.2, 0.25) is 0 Å². The minimum atomic E-state index is 1.11. The van der Waals surface area contributed by atoms with E-state index < -0.39 is 0 Å². The van der Waals surface area contributed by atoms with Crippen LogP contribution < -0.4 is 0 Å². The van der Waals surface area contributed by atoms with Crippen molar-refractivity contribution >= 4 is 201 Å². The summed E-state index contributed by atoms with van der Waals surface area (Å²) in [5.74, 6) is 0. The molecule has 9 heteroatoms.